The summed E-state index contributed by atoms with van der Waals surface area (Å²) < 4.78 is 3.00. The highest BCUT2D eigenvalue weighted by Crippen LogP contribution is 1.87. The molecule has 0 heterocycles. The van der Waals surface area contributed by atoms with Gasteiger partial charge in [-0.15, -0.1) is 0 Å². The first kappa shape index (κ1) is 6.05. The molecule has 36 valence electrons. The molecule has 0 aromatic heterocycles. The molecule has 0 bridgehead atoms. The zero-order valence-corrected chi connectivity index (χ0v) is 4.72. The third-order valence-electron chi connectivity index (χ3n) is 0.311. The highest BCUT2D eigenvalue weighted by Gasteiger charge is 1.67. The van der Waals surface area contributed by atoms with E-state index in [1.165, 1.54) is 11.9 Å². The highest BCUT2D eigenvalue weighted by molar-refractivity contribution is 8.00. The van der Waals surface area contributed by atoms with E-state index in [0.717, 1.165) is 6.54 Å². The van der Waals surface area contributed by atoms with Crippen molar-refractivity contribution in [2.45, 2.75) is 6.92 Å². The summed E-state index contributed by atoms with van der Waals surface area (Å²) in [7, 11) is 0. The fraction of sp³-hybridized carbons (Fsp3) is 0.500. The second kappa shape index (κ2) is 5.05. The van der Waals surface area contributed by atoms with Gasteiger partial charge in [0.2, 0.25) is 0 Å². The van der Waals surface area contributed by atoms with Gasteiger partial charge in [-0.05, 0) is 5.41 Å². The molecule has 6 heavy (non-hydrogen) atoms. The molecular formula is C4H9NS. The quantitative estimate of drug-likeness (QED) is 0.428. The Balaban J connectivity index is 2.49. The zero-order chi connectivity index (χ0) is 4.83. The SMILES string of the molecule is C=CSNCC. The Hall–Kier alpha value is 0.0500. The third kappa shape index (κ3) is 4.05. The largest absolute Gasteiger partial charge is 0.261 e. The van der Waals surface area contributed by atoms with Gasteiger partial charge < -0.3 is 0 Å². The van der Waals surface area contributed by atoms with E-state index in [1.807, 2.05) is 0 Å². The van der Waals surface area contributed by atoms with E-state index in [2.05, 4.69) is 18.2 Å². The molecule has 0 aliphatic rings. The lowest BCUT2D eigenvalue weighted by Crippen LogP contribution is -1.97. The number of hydrogen-bond donors (Lipinski definition) is 1. The summed E-state index contributed by atoms with van der Waals surface area (Å²) in [6.07, 6.45) is 0. The molecule has 1 nitrogen and oxygen atoms in total. The van der Waals surface area contributed by atoms with E-state index in [9.17, 15) is 0 Å². The van der Waals surface area contributed by atoms with Gasteiger partial charge in [-0.2, -0.15) is 0 Å². The standard InChI is InChI=1S/C4H9NS/c1-3-5-6-4-2/h4-5H,2-3H2,1H3. The molecule has 0 aromatic rings. The summed E-state index contributed by atoms with van der Waals surface area (Å²) in [5.41, 5.74) is 0. The molecule has 0 aliphatic carbocycles. The summed E-state index contributed by atoms with van der Waals surface area (Å²) in [6, 6.07) is 0. The van der Waals surface area contributed by atoms with Crippen LogP contribution in [0.5, 0.6) is 0 Å². The first-order valence-corrected chi connectivity index (χ1v) is 2.79. The van der Waals surface area contributed by atoms with E-state index in [4.69, 9.17) is 0 Å². The van der Waals surface area contributed by atoms with Crippen LogP contribution in [0.1, 0.15) is 6.92 Å². The summed E-state index contributed by atoms with van der Waals surface area (Å²) in [4.78, 5) is 0. The average Bonchev–Trinajstić information content (AvgIpc) is 1.61. The van der Waals surface area contributed by atoms with Crippen LogP contribution in [0.2, 0.25) is 0 Å². The second-order valence-corrected chi connectivity index (χ2v) is 1.64. The maximum absolute atomic E-state index is 3.50. The van der Waals surface area contributed by atoms with E-state index >= 15 is 0 Å². The number of rotatable bonds is 3. The van der Waals surface area contributed by atoms with Crippen molar-refractivity contribution in [2.24, 2.45) is 0 Å². The predicted octanol–water partition coefficient (Wildman–Crippen LogP) is 1.39. The van der Waals surface area contributed by atoms with Gasteiger partial charge in [0, 0.05) is 6.54 Å². The van der Waals surface area contributed by atoms with Crippen LogP contribution in [0.4, 0.5) is 0 Å². The van der Waals surface area contributed by atoms with Crippen molar-refractivity contribution in [1.82, 2.24) is 4.72 Å². The van der Waals surface area contributed by atoms with Gasteiger partial charge in [0.05, 0.1) is 0 Å². The molecule has 0 unspecified atom stereocenters. The van der Waals surface area contributed by atoms with Crippen molar-refractivity contribution in [1.29, 1.82) is 0 Å². The van der Waals surface area contributed by atoms with Crippen LogP contribution in [-0.2, 0) is 0 Å². The Labute approximate surface area is 43.0 Å². The number of hydrogen-bond acceptors (Lipinski definition) is 2. The van der Waals surface area contributed by atoms with Gasteiger partial charge >= 0.3 is 0 Å². The minimum absolute atomic E-state index is 0.997. The van der Waals surface area contributed by atoms with Gasteiger partial charge in [-0.25, -0.2) is 0 Å². The average molecular weight is 103 g/mol. The maximum Gasteiger partial charge on any atom is 0.00331 e. The van der Waals surface area contributed by atoms with Gasteiger partial charge in [0.25, 0.3) is 0 Å². The normalized spacial score (nSPS) is 8.17. The lowest BCUT2D eigenvalue weighted by atomic mass is 10.8. The number of nitrogens with one attached hydrogen (secondary N) is 1. The van der Waals surface area contributed by atoms with Crippen LogP contribution in [0, 0.1) is 0 Å². The van der Waals surface area contributed by atoms with Crippen molar-refractivity contribution in [2.75, 3.05) is 6.54 Å². The molecule has 0 radical (unpaired) electrons. The molecule has 0 aliphatic heterocycles. The summed E-state index contributed by atoms with van der Waals surface area (Å²) in [6.45, 7) is 6.55. The first-order valence-electron chi connectivity index (χ1n) is 1.91. The predicted molar refractivity (Wildman–Crippen MR) is 31.5 cm³/mol. The Bertz CT molecular complexity index is 36.5. The van der Waals surface area contributed by atoms with E-state index in [0.29, 0.717) is 0 Å². The van der Waals surface area contributed by atoms with Crippen LogP contribution in [-0.4, -0.2) is 6.54 Å². The summed E-state index contributed by atoms with van der Waals surface area (Å²) in [5, 5.41) is 1.77. The zero-order valence-electron chi connectivity index (χ0n) is 3.90. The minimum atomic E-state index is 0.997. The molecule has 0 fully saturated rings. The molecule has 0 saturated carbocycles. The maximum atomic E-state index is 3.50. The lowest BCUT2D eigenvalue weighted by Gasteiger charge is -1.87. The van der Waals surface area contributed by atoms with Gasteiger partial charge in [0.15, 0.2) is 0 Å². The second-order valence-electron chi connectivity index (χ2n) is 0.782. The Kier molecular flexibility index (Phi) is 5.09. The smallest absolute Gasteiger partial charge is 0.00331 e. The van der Waals surface area contributed by atoms with Crippen molar-refractivity contribution in [3.8, 4) is 0 Å². The van der Waals surface area contributed by atoms with Crippen molar-refractivity contribution in [3.05, 3.63) is 12.0 Å². The summed E-state index contributed by atoms with van der Waals surface area (Å²) >= 11 is 1.52. The summed E-state index contributed by atoms with van der Waals surface area (Å²) in [5.74, 6) is 0. The molecule has 0 atom stereocenters. The van der Waals surface area contributed by atoms with Crippen LogP contribution >= 0.6 is 11.9 Å². The molecule has 1 N–H and O–H groups in total. The van der Waals surface area contributed by atoms with Crippen LogP contribution in [0.15, 0.2) is 12.0 Å². The van der Waals surface area contributed by atoms with Gasteiger partial charge in [-0.1, -0.05) is 25.5 Å². The first-order chi connectivity index (χ1) is 2.91. The van der Waals surface area contributed by atoms with E-state index < -0.39 is 0 Å². The van der Waals surface area contributed by atoms with E-state index in [1.54, 1.807) is 5.41 Å². The van der Waals surface area contributed by atoms with Crippen LogP contribution < -0.4 is 4.72 Å². The molecule has 0 spiro atoms. The van der Waals surface area contributed by atoms with Crippen molar-refractivity contribution in [3.63, 3.8) is 0 Å². The van der Waals surface area contributed by atoms with Gasteiger partial charge in [0.1, 0.15) is 0 Å². The molecule has 0 aromatic carbocycles. The minimum Gasteiger partial charge on any atom is -0.261 e. The lowest BCUT2D eigenvalue weighted by molar-refractivity contribution is 1.04. The Morgan fingerprint density at radius 1 is 2.00 bits per heavy atom. The fourth-order valence-corrected chi connectivity index (χ4v) is 0.427. The van der Waals surface area contributed by atoms with E-state index in [-0.39, 0.29) is 0 Å². The van der Waals surface area contributed by atoms with Crippen molar-refractivity contribution < 1.29 is 0 Å². The molecule has 0 amide bonds. The van der Waals surface area contributed by atoms with Gasteiger partial charge in [-0.3, -0.25) is 4.72 Å². The molecular weight excluding hydrogens is 94.1 g/mol. The third-order valence-corrected chi connectivity index (χ3v) is 0.933. The van der Waals surface area contributed by atoms with Crippen molar-refractivity contribution >= 4 is 11.9 Å². The monoisotopic (exact) mass is 103 g/mol. The Morgan fingerprint density at radius 2 is 2.67 bits per heavy atom. The van der Waals surface area contributed by atoms with Crippen LogP contribution in [0.25, 0.3) is 0 Å². The molecule has 0 rings (SSSR count). The van der Waals surface area contributed by atoms with Crippen LogP contribution in [0.3, 0.4) is 0 Å². The Morgan fingerprint density at radius 3 is 2.83 bits per heavy atom. The molecule has 2 heteroatoms. The topological polar surface area (TPSA) is 12.0 Å². The molecule has 0 saturated heterocycles. The highest BCUT2D eigenvalue weighted by atomic mass is 32.2. The fourth-order valence-electron chi connectivity index (χ4n) is 0.142.